The molecule has 0 aromatic heterocycles. The molecule has 1 N–H and O–H groups in total. The molecule has 0 aliphatic carbocycles. The smallest absolute Gasteiger partial charge is 0.303 e. The van der Waals surface area contributed by atoms with Crippen LogP contribution in [0.3, 0.4) is 0 Å². The zero-order valence-corrected chi connectivity index (χ0v) is 12.5. The van der Waals surface area contributed by atoms with E-state index in [1.54, 1.807) is 6.08 Å². The average Bonchev–Trinajstić information content (AvgIpc) is 3.04. The van der Waals surface area contributed by atoms with Gasteiger partial charge in [-0.15, -0.1) is 6.58 Å². The van der Waals surface area contributed by atoms with Crippen molar-refractivity contribution in [2.24, 2.45) is 11.8 Å². The summed E-state index contributed by atoms with van der Waals surface area (Å²) in [5.41, 5.74) is 0. The third kappa shape index (κ3) is 4.80. The summed E-state index contributed by atoms with van der Waals surface area (Å²) in [7, 11) is 0. The summed E-state index contributed by atoms with van der Waals surface area (Å²) >= 11 is 0. The van der Waals surface area contributed by atoms with Crippen LogP contribution in [0.15, 0.2) is 12.7 Å². The molecule has 0 amide bonds. The van der Waals surface area contributed by atoms with Gasteiger partial charge in [0.25, 0.3) is 0 Å². The molecule has 21 heavy (non-hydrogen) atoms. The highest BCUT2D eigenvalue weighted by molar-refractivity contribution is 5.66. The fourth-order valence-electron chi connectivity index (χ4n) is 3.32. The van der Waals surface area contributed by atoms with Crippen molar-refractivity contribution < 1.29 is 24.1 Å². The van der Waals surface area contributed by atoms with E-state index in [4.69, 9.17) is 19.3 Å². The molecule has 0 saturated carbocycles. The molecular weight excluding hydrogens is 272 g/mol. The number of rotatable bonds is 11. The van der Waals surface area contributed by atoms with Crippen molar-refractivity contribution in [1.29, 1.82) is 0 Å². The van der Waals surface area contributed by atoms with Crippen molar-refractivity contribution in [2.75, 3.05) is 26.4 Å². The van der Waals surface area contributed by atoms with Crippen molar-refractivity contribution >= 4 is 5.97 Å². The lowest BCUT2D eigenvalue weighted by Gasteiger charge is -2.27. The molecule has 0 aromatic carbocycles. The Hall–Kier alpha value is -0.910. The Morgan fingerprint density at radius 3 is 2.48 bits per heavy atom. The van der Waals surface area contributed by atoms with Crippen molar-refractivity contribution in [2.45, 2.75) is 44.3 Å². The molecule has 0 radical (unpaired) electrons. The molecule has 2 aliphatic rings. The van der Waals surface area contributed by atoms with Crippen molar-refractivity contribution in [3.63, 3.8) is 0 Å². The summed E-state index contributed by atoms with van der Waals surface area (Å²) < 4.78 is 17.3. The minimum atomic E-state index is -0.740. The zero-order chi connectivity index (χ0) is 15.1. The predicted octanol–water partition coefficient (Wildman–Crippen LogP) is 2.25. The van der Waals surface area contributed by atoms with E-state index < -0.39 is 5.97 Å². The maximum atomic E-state index is 10.4. The predicted molar refractivity (Wildman–Crippen MR) is 78.2 cm³/mol. The van der Waals surface area contributed by atoms with Gasteiger partial charge in [-0.3, -0.25) is 4.79 Å². The molecule has 0 spiro atoms. The van der Waals surface area contributed by atoms with Gasteiger partial charge in [0.1, 0.15) is 0 Å². The second kappa shape index (κ2) is 8.51. The number of fused-ring (bicyclic) bond motifs is 2. The van der Waals surface area contributed by atoms with Gasteiger partial charge in [0, 0.05) is 24.9 Å². The van der Waals surface area contributed by atoms with Crippen LogP contribution in [0.5, 0.6) is 0 Å². The summed E-state index contributed by atoms with van der Waals surface area (Å²) in [6.45, 7) is 6.27. The van der Waals surface area contributed by atoms with E-state index in [2.05, 4.69) is 6.58 Å². The standard InChI is InChI=1S/C16H26O5/c1-2-8-19-10-12-13(15-7-6-14(12)21-15)11-20-9-4-3-5-16(17)18/h2,12-15H,1,3-11H2,(H,17,18)/t12-,13+,14-,15+/m1/s1. The van der Waals surface area contributed by atoms with Crippen molar-refractivity contribution in [3.8, 4) is 0 Å². The van der Waals surface area contributed by atoms with Gasteiger partial charge in [-0.05, 0) is 25.7 Å². The molecule has 4 atom stereocenters. The Balaban J connectivity index is 1.65. The van der Waals surface area contributed by atoms with Crippen LogP contribution in [-0.4, -0.2) is 49.7 Å². The number of carboxylic acids is 1. The van der Waals surface area contributed by atoms with Gasteiger partial charge in [0.15, 0.2) is 0 Å². The highest BCUT2D eigenvalue weighted by Gasteiger charge is 2.48. The van der Waals surface area contributed by atoms with E-state index in [1.165, 1.54) is 0 Å². The molecule has 120 valence electrons. The van der Waals surface area contributed by atoms with Gasteiger partial charge in [0.2, 0.25) is 0 Å². The molecule has 2 rings (SSSR count). The lowest BCUT2D eigenvalue weighted by atomic mass is 9.80. The first-order valence-corrected chi connectivity index (χ1v) is 7.86. The van der Waals surface area contributed by atoms with Gasteiger partial charge >= 0.3 is 5.97 Å². The third-order valence-electron chi connectivity index (χ3n) is 4.38. The van der Waals surface area contributed by atoms with Crippen LogP contribution in [-0.2, 0) is 19.0 Å². The largest absolute Gasteiger partial charge is 0.481 e. The van der Waals surface area contributed by atoms with Crippen LogP contribution in [0.1, 0.15) is 32.1 Å². The lowest BCUT2D eigenvalue weighted by Crippen LogP contribution is -2.34. The molecule has 2 saturated heterocycles. The average molecular weight is 298 g/mol. The number of carboxylic acid groups (broad SMARTS) is 1. The normalized spacial score (nSPS) is 30.7. The van der Waals surface area contributed by atoms with E-state index in [-0.39, 0.29) is 6.42 Å². The first kappa shape index (κ1) is 16.5. The molecule has 2 bridgehead atoms. The number of carbonyl (C=O) groups is 1. The van der Waals surface area contributed by atoms with E-state index in [1.807, 2.05) is 0 Å². The van der Waals surface area contributed by atoms with E-state index >= 15 is 0 Å². The molecule has 0 unspecified atom stereocenters. The molecular formula is C16H26O5. The molecule has 5 heteroatoms. The van der Waals surface area contributed by atoms with Crippen molar-refractivity contribution in [3.05, 3.63) is 12.7 Å². The second-order valence-electron chi connectivity index (χ2n) is 5.87. The lowest BCUT2D eigenvalue weighted by molar-refractivity contribution is -0.137. The number of unbranched alkanes of at least 4 members (excludes halogenated alkanes) is 1. The minimum absolute atomic E-state index is 0.221. The monoisotopic (exact) mass is 298 g/mol. The first-order valence-electron chi connectivity index (χ1n) is 7.86. The van der Waals surface area contributed by atoms with E-state index in [0.717, 1.165) is 19.3 Å². The Labute approximate surface area is 126 Å². The van der Waals surface area contributed by atoms with E-state index in [0.29, 0.717) is 56.9 Å². The number of hydrogen-bond donors (Lipinski definition) is 1. The quantitative estimate of drug-likeness (QED) is 0.468. The summed E-state index contributed by atoms with van der Waals surface area (Å²) in [4.78, 5) is 10.4. The topological polar surface area (TPSA) is 65.0 Å². The highest BCUT2D eigenvalue weighted by Crippen LogP contribution is 2.43. The van der Waals surface area contributed by atoms with Gasteiger partial charge in [0.05, 0.1) is 32.0 Å². The first-order chi connectivity index (χ1) is 10.2. The van der Waals surface area contributed by atoms with Crippen LogP contribution in [0.4, 0.5) is 0 Å². The summed E-state index contributed by atoms with van der Waals surface area (Å²) in [6.07, 6.45) is 6.34. The Bertz CT molecular complexity index is 344. The second-order valence-corrected chi connectivity index (χ2v) is 5.87. The van der Waals surface area contributed by atoms with Gasteiger partial charge in [-0.2, -0.15) is 0 Å². The SMILES string of the molecule is C=CCOC[C@@H]1[C@H](COCCCCC(=O)O)[C@@H]2CC[C@H]1O2. The fraction of sp³-hybridized carbons (Fsp3) is 0.812. The molecule has 2 heterocycles. The van der Waals surface area contributed by atoms with Crippen LogP contribution in [0, 0.1) is 11.8 Å². The van der Waals surface area contributed by atoms with Gasteiger partial charge in [-0.1, -0.05) is 6.08 Å². The minimum Gasteiger partial charge on any atom is -0.481 e. The Morgan fingerprint density at radius 1 is 1.19 bits per heavy atom. The maximum absolute atomic E-state index is 10.4. The van der Waals surface area contributed by atoms with Crippen LogP contribution < -0.4 is 0 Å². The Morgan fingerprint density at radius 2 is 1.86 bits per heavy atom. The Kier molecular flexibility index (Phi) is 6.67. The molecule has 5 nitrogen and oxygen atoms in total. The van der Waals surface area contributed by atoms with Crippen LogP contribution in [0.2, 0.25) is 0 Å². The van der Waals surface area contributed by atoms with Crippen molar-refractivity contribution in [1.82, 2.24) is 0 Å². The highest BCUT2D eigenvalue weighted by atomic mass is 16.5. The zero-order valence-electron chi connectivity index (χ0n) is 12.5. The number of hydrogen-bond acceptors (Lipinski definition) is 4. The van der Waals surface area contributed by atoms with Crippen LogP contribution in [0.25, 0.3) is 0 Å². The van der Waals surface area contributed by atoms with Gasteiger partial charge < -0.3 is 19.3 Å². The third-order valence-corrected chi connectivity index (χ3v) is 4.38. The van der Waals surface area contributed by atoms with Gasteiger partial charge in [-0.25, -0.2) is 0 Å². The molecule has 2 aliphatic heterocycles. The number of ether oxygens (including phenoxy) is 3. The maximum Gasteiger partial charge on any atom is 0.303 e. The summed E-state index contributed by atoms with van der Waals surface area (Å²) in [5, 5.41) is 8.57. The summed E-state index contributed by atoms with van der Waals surface area (Å²) in [5.74, 6) is 0.0895. The number of aliphatic carboxylic acids is 1. The van der Waals surface area contributed by atoms with E-state index in [9.17, 15) is 4.79 Å². The fourth-order valence-corrected chi connectivity index (χ4v) is 3.32. The molecule has 2 fully saturated rings. The molecule has 0 aromatic rings. The summed E-state index contributed by atoms with van der Waals surface area (Å²) in [6, 6.07) is 0. The van der Waals surface area contributed by atoms with Crippen LogP contribution >= 0.6 is 0 Å².